The topological polar surface area (TPSA) is 179 Å². The number of carboxylic acids is 2. The van der Waals surface area contributed by atoms with Gasteiger partial charge in [0.15, 0.2) is 6.10 Å². The zero-order valence-corrected chi connectivity index (χ0v) is 9.38. The molecule has 2 unspecified atom stereocenters. The minimum Gasteiger partial charge on any atom is -0.480 e. The zero-order valence-electron chi connectivity index (χ0n) is 9.38. The third-order valence-corrected chi connectivity index (χ3v) is 1.72. The summed E-state index contributed by atoms with van der Waals surface area (Å²) in [4.78, 5) is 20.6. The number of hydrogen-bond donors (Lipinski definition) is 7. The molecular formula is C8H17NO9. The molecule has 0 aliphatic rings. The molecular weight excluding hydrogens is 254 g/mol. The predicted molar refractivity (Wildman–Crippen MR) is 55.2 cm³/mol. The lowest BCUT2D eigenvalue weighted by atomic mass is 10.3. The fraction of sp³-hybridized carbons (Fsp3) is 0.750. The molecule has 0 aliphatic heterocycles. The van der Waals surface area contributed by atoms with Gasteiger partial charge in [-0.25, -0.2) is 9.69 Å². The Labute approximate surface area is 102 Å². The van der Waals surface area contributed by atoms with Crippen LogP contribution in [0.1, 0.15) is 0 Å². The Morgan fingerprint density at radius 1 is 0.889 bits per heavy atom. The number of hydrogen-bond acceptors (Lipinski definition) is 8. The lowest BCUT2D eigenvalue weighted by molar-refractivity contribution is -0.150. The number of aliphatic hydroxyl groups is 5. The average molecular weight is 271 g/mol. The van der Waals surface area contributed by atoms with Crippen molar-refractivity contribution >= 4 is 11.9 Å². The number of carbonyl (C=O) groups is 2. The van der Waals surface area contributed by atoms with Gasteiger partial charge in [0.25, 0.3) is 0 Å². The van der Waals surface area contributed by atoms with Crippen LogP contribution < -0.4 is 0 Å². The van der Waals surface area contributed by atoms with Crippen molar-refractivity contribution in [3.8, 4) is 0 Å². The van der Waals surface area contributed by atoms with Crippen LogP contribution in [-0.2, 0) is 9.59 Å². The summed E-state index contributed by atoms with van der Waals surface area (Å²) in [6.45, 7) is -2.58. The Hall–Kier alpha value is -1.30. The number of carboxylic acid groups (broad SMARTS) is 2. The van der Waals surface area contributed by atoms with Crippen molar-refractivity contribution in [2.75, 3.05) is 26.7 Å². The smallest absolute Gasteiger partial charge is 0.334 e. The van der Waals surface area contributed by atoms with E-state index in [1.807, 2.05) is 0 Å². The lowest BCUT2D eigenvalue weighted by Crippen LogP contribution is -2.44. The van der Waals surface area contributed by atoms with Crippen molar-refractivity contribution in [2.24, 2.45) is 0 Å². The first-order valence-corrected chi connectivity index (χ1v) is 4.66. The number of nitrogens with zero attached hydrogens (tertiary/aromatic N) is 1. The molecule has 18 heavy (non-hydrogen) atoms. The first-order chi connectivity index (χ1) is 8.35. The van der Waals surface area contributed by atoms with Gasteiger partial charge in [-0.2, -0.15) is 0 Å². The van der Waals surface area contributed by atoms with Crippen LogP contribution in [0.5, 0.6) is 0 Å². The summed E-state index contributed by atoms with van der Waals surface area (Å²) >= 11 is 0. The van der Waals surface area contributed by atoms with E-state index in [4.69, 9.17) is 35.7 Å². The van der Waals surface area contributed by atoms with E-state index in [2.05, 4.69) is 0 Å². The largest absolute Gasteiger partial charge is 0.480 e. The molecule has 0 heterocycles. The molecule has 2 atom stereocenters. The highest BCUT2D eigenvalue weighted by Crippen LogP contribution is 1.95. The van der Waals surface area contributed by atoms with Gasteiger partial charge in [-0.05, 0) is 0 Å². The summed E-state index contributed by atoms with van der Waals surface area (Å²) in [7, 11) is 0. The standard InChI is InChI=1S/C5H11NO5.C3H6O4/c7-1-4(5(10)11)6(2-8)3-9;4-1-2(5)3(6)7/h4,7-9H,1-3H2,(H,10,11);2,4-5H,1H2,(H,6,7). The third kappa shape index (κ3) is 7.89. The molecule has 0 saturated carbocycles. The van der Waals surface area contributed by atoms with Crippen molar-refractivity contribution in [1.82, 2.24) is 4.90 Å². The summed E-state index contributed by atoms with van der Waals surface area (Å²) in [6.07, 6.45) is -1.63. The van der Waals surface area contributed by atoms with Crippen LogP contribution in [0, 0.1) is 0 Å². The van der Waals surface area contributed by atoms with E-state index >= 15 is 0 Å². The quantitative estimate of drug-likeness (QED) is 0.226. The number of aliphatic hydroxyl groups excluding tert-OH is 5. The summed E-state index contributed by atoms with van der Waals surface area (Å²) in [6, 6.07) is -1.25. The van der Waals surface area contributed by atoms with Gasteiger partial charge >= 0.3 is 11.9 Å². The van der Waals surface area contributed by atoms with E-state index < -0.39 is 50.8 Å². The van der Waals surface area contributed by atoms with Crippen LogP contribution in [0.15, 0.2) is 0 Å². The molecule has 108 valence electrons. The molecule has 0 aromatic heterocycles. The van der Waals surface area contributed by atoms with Crippen molar-refractivity contribution in [2.45, 2.75) is 12.1 Å². The highest BCUT2D eigenvalue weighted by Gasteiger charge is 2.22. The molecule has 0 aromatic carbocycles. The van der Waals surface area contributed by atoms with Crippen molar-refractivity contribution in [3.63, 3.8) is 0 Å². The molecule has 0 aliphatic carbocycles. The SMILES string of the molecule is O=C(O)C(CO)N(CO)CO.O=C(O)C(O)CO. The minimum atomic E-state index is -1.63. The van der Waals surface area contributed by atoms with E-state index in [1.54, 1.807) is 0 Å². The molecule has 10 heteroatoms. The van der Waals surface area contributed by atoms with Crippen LogP contribution in [0.2, 0.25) is 0 Å². The maximum absolute atomic E-state index is 10.3. The normalized spacial score (nSPS) is 13.4. The van der Waals surface area contributed by atoms with Crippen LogP contribution in [0.3, 0.4) is 0 Å². The van der Waals surface area contributed by atoms with Gasteiger partial charge in [-0.3, -0.25) is 4.79 Å². The summed E-state index contributed by atoms with van der Waals surface area (Å²) in [5.41, 5.74) is 0. The Morgan fingerprint density at radius 2 is 1.33 bits per heavy atom. The maximum Gasteiger partial charge on any atom is 0.334 e. The molecule has 0 rings (SSSR count). The molecule has 0 fully saturated rings. The summed E-state index contributed by atoms with van der Waals surface area (Å²) in [5, 5.41) is 57.5. The third-order valence-electron chi connectivity index (χ3n) is 1.72. The minimum absolute atomic E-state index is 0.603. The maximum atomic E-state index is 10.3. The summed E-state index contributed by atoms with van der Waals surface area (Å²) < 4.78 is 0. The lowest BCUT2D eigenvalue weighted by Gasteiger charge is -2.21. The van der Waals surface area contributed by atoms with Gasteiger partial charge in [0, 0.05) is 0 Å². The Kier molecular flexibility index (Phi) is 11.5. The van der Waals surface area contributed by atoms with Gasteiger partial charge in [0.1, 0.15) is 6.04 Å². The molecule has 0 saturated heterocycles. The highest BCUT2D eigenvalue weighted by molar-refractivity contribution is 5.73. The van der Waals surface area contributed by atoms with Crippen molar-refractivity contribution in [1.29, 1.82) is 0 Å². The van der Waals surface area contributed by atoms with Gasteiger partial charge < -0.3 is 35.7 Å². The van der Waals surface area contributed by atoms with Gasteiger partial charge in [-0.1, -0.05) is 0 Å². The second-order valence-electron chi connectivity index (χ2n) is 2.94. The second kappa shape index (κ2) is 10.8. The Morgan fingerprint density at radius 3 is 1.39 bits per heavy atom. The van der Waals surface area contributed by atoms with Gasteiger partial charge in [0.05, 0.1) is 26.7 Å². The molecule has 0 radical (unpaired) electrons. The van der Waals surface area contributed by atoms with Crippen molar-refractivity contribution < 1.29 is 45.3 Å². The molecule has 0 aromatic rings. The van der Waals surface area contributed by atoms with E-state index in [0.29, 0.717) is 0 Å². The van der Waals surface area contributed by atoms with Crippen molar-refractivity contribution in [3.05, 3.63) is 0 Å². The Bertz CT molecular complexity index is 243. The fourth-order valence-corrected chi connectivity index (χ4v) is 0.670. The van der Waals surface area contributed by atoms with E-state index in [-0.39, 0.29) is 0 Å². The van der Waals surface area contributed by atoms with Crippen LogP contribution in [-0.4, -0.2) is 91.4 Å². The van der Waals surface area contributed by atoms with E-state index in [9.17, 15) is 9.59 Å². The first-order valence-electron chi connectivity index (χ1n) is 4.66. The van der Waals surface area contributed by atoms with Gasteiger partial charge in [-0.15, -0.1) is 0 Å². The van der Waals surface area contributed by atoms with Gasteiger partial charge in [0.2, 0.25) is 0 Å². The van der Waals surface area contributed by atoms with Crippen LogP contribution in [0.4, 0.5) is 0 Å². The predicted octanol–water partition coefficient (Wildman–Crippen LogP) is -3.94. The second-order valence-corrected chi connectivity index (χ2v) is 2.94. The fourth-order valence-electron chi connectivity index (χ4n) is 0.670. The van der Waals surface area contributed by atoms with Crippen LogP contribution >= 0.6 is 0 Å². The number of rotatable bonds is 7. The van der Waals surface area contributed by atoms with E-state index in [1.165, 1.54) is 0 Å². The van der Waals surface area contributed by atoms with E-state index in [0.717, 1.165) is 4.90 Å². The molecule has 0 spiro atoms. The number of aliphatic carboxylic acids is 2. The molecule has 0 amide bonds. The molecule has 10 nitrogen and oxygen atoms in total. The monoisotopic (exact) mass is 271 g/mol. The highest BCUT2D eigenvalue weighted by atomic mass is 16.4. The molecule has 0 bridgehead atoms. The van der Waals surface area contributed by atoms with Crippen LogP contribution in [0.25, 0.3) is 0 Å². The zero-order chi connectivity index (χ0) is 14.7. The first kappa shape index (κ1) is 19.0. The Balaban J connectivity index is 0. The average Bonchev–Trinajstić information content (AvgIpc) is 2.34. The molecule has 7 N–H and O–H groups in total. The summed E-state index contributed by atoms with van der Waals surface area (Å²) in [5.74, 6) is -2.68.